The van der Waals surface area contributed by atoms with Gasteiger partial charge in [0.15, 0.2) is 5.82 Å². The molecule has 0 spiro atoms. The van der Waals surface area contributed by atoms with Crippen molar-refractivity contribution < 1.29 is 4.52 Å². The molecule has 114 valence electrons. The molecule has 0 atom stereocenters. The van der Waals surface area contributed by atoms with Crippen LogP contribution in [0.2, 0.25) is 0 Å². The number of nitrogens with zero attached hydrogens (tertiary/aromatic N) is 4. The molecule has 1 fully saturated rings. The van der Waals surface area contributed by atoms with Crippen LogP contribution in [0.25, 0.3) is 0 Å². The number of likely N-dealkylation sites (tertiary alicyclic amines) is 1. The monoisotopic (exact) mass is 289 g/mol. The van der Waals surface area contributed by atoms with E-state index in [1.54, 1.807) is 0 Å². The zero-order valence-electron chi connectivity index (χ0n) is 12.7. The van der Waals surface area contributed by atoms with E-state index in [0.29, 0.717) is 11.8 Å². The van der Waals surface area contributed by atoms with Crippen LogP contribution in [0, 0.1) is 5.92 Å². The molecular formula is C15H23N5O. The van der Waals surface area contributed by atoms with Crippen LogP contribution in [0.3, 0.4) is 0 Å². The van der Waals surface area contributed by atoms with Gasteiger partial charge in [-0.3, -0.25) is 10.00 Å². The number of nitrogens with one attached hydrogen (secondary N) is 1. The molecule has 6 nitrogen and oxygen atoms in total. The molecule has 1 N–H and O–H groups in total. The predicted octanol–water partition coefficient (Wildman–Crippen LogP) is 2.37. The van der Waals surface area contributed by atoms with Crippen molar-refractivity contribution in [2.45, 2.75) is 45.6 Å². The highest BCUT2D eigenvalue weighted by Gasteiger charge is 2.22. The fourth-order valence-electron chi connectivity index (χ4n) is 2.90. The maximum atomic E-state index is 5.35. The number of piperidine rings is 1. The zero-order valence-corrected chi connectivity index (χ0v) is 12.7. The number of aromatic amines is 1. The van der Waals surface area contributed by atoms with Gasteiger partial charge < -0.3 is 4.52 Å². The Kier molecular flexibility index (Phi) is 4.34. The summed E-state index contributed by atoms with van der Waals surface area (Å²) < 4.78 is 5.35. The van der Waals surface area contributed by atoms with Crippen molar-refractivity contribution in [2.75, 3.05) is 13.1 Å². The maximum Gasteiger partial charge on any atom is 0.240 e. The molecule has 1 saturated heterocycles. The molecule has 0 bridgehead atoms. The molecule has 0 radical (unpaired) electrons. The maximum absolute atomic E-state index is 5.35. The summed E-state index contributed by atoms with van der Waals surface area (Å²) in [6.45, 7) is 7.23. The zero-order chi connectivity index (χ0) is 14.7. The van der Waals surface area contributed by atoms with E-state index < -0.39 is 0 Å². The van der Waals surface area contributed by atoms with Gasteiger partial charge in [-0.1, -0.05) is 19.0 Å². The Labute approximate surface area is 124 Å². The Morgan fingerprint density at radius 3 is 2.86 bits per heavy atom. The molecule has 0 amide bonds. The topological polar surface area (TPSA) is 70.8 Å². The van der Waals surface area contributed by atoms with E-state index in [0.717, 1.165) is 50.6 Å². The van der Waals surface area contributed by atoms with E-state index in [4.69, 9.17) is 4.52 Å². The van der Waals surface area contributed by atoms with Gasteiger partial charge >= 0.3 is 0 Å². The molecule has 2 aromatic heterocycles. The first-order valence-corrected chi connectivity index (χ1v) is 7.73. The van der Waals surface area contributed by atoms with Crippen molar-refractivity contribution in [2.24, 2.45) is 5.92 Å². The van der Waals surface area contributed by atoms with Crippen LogP contribution in [0.15, 0.2) is 16.9 Å². The van der Waals surface area contributed by atoms with Crippen LogP contribution in [0.5, 0.6) is 0 Å². The number of hydrogen-bond acceptors (Lipinski definition) is 5. The third-order valence-electron chi connectivity index (χ3n) is 4.04. The van der Waals surface area contributed by atoms with Gasteiger partial charge in [-0.2, -0.15) is 10.1 Å². The quantitative estimate of drug-likeness (QED) is 0.915. The molecule has 1 aliphatic heterocycles. The van der Waals surface area contributed by atoms with Crippen molar-refractivity contribution in [1.82, 2.24) is 25.2 Å². The predicted molar refractivity (Wildman–Crippen MR) is 78.7 cm³/mol. The van der Waals surface area contributed by atoms with Crippen molar-refractivity contribution in [3.05, 3.63) is 29.7 Å². The van der Waals surface area contributed by atoms with E-state index in [1.807, 2.05) is 12.4 Å². The average Bonchev–Trinajstić information content (AvgIpc) is 3.11. The molecule has 1 aliphatic rings. The van der Waals surface area contributed by atoms with Crippen molar-refractivity contribution in [1.29, 1.82) is 0 Å². The third kappa shape index (κ3) is 3.69. The van der Waals surface area contributed by atoms with Crippen LogP contribution in [-0.4, -0.2) is 38.3 Å². The summed E-state index contributed by atoms with van der Waals surface area (Å²) in [6.07, 6.45) is 7.15. The molecule has 2 aromatic rings. The lowest BCUT2D eigenvalue weighted by Crippen LogP contribution is -2.32. The molecule has 3 rings (SSSR count). The molecule has 21 heavy (non-hydrogen) atoms. The number of rotatable bonds is 5. The summed E-state index contributed by atoms with van der Waals surface area (Å²) >= 11 is 0. The lowest BCUT2D eigenvalue weighted by Gasteiger charge is -2.30. The van der Waals surface area contributed by atoms with Crippen LogP contribution < -0.4 is 0 Å². The number of aromatic nitrogens is 4. The molecule has 0 unspecified atom stereocenters. The minimum absolute atomic E-state index is 0.557. The standard InChI is InChI=1S/C15H23N5O/c1-11(2)7-14-18-15(21-19-14)10-20-5-3-12(4-6-20)13-8-16-17-9-13/h8-9,11-12H,3-7,10H2,1-2H3,(H,16,17). The Morgan fingerprint density at radius 1 is 1.38 bits per heavy atom. The fraction of sp³-hybridized carbons (Fsp3) is 0.667. The van der Waals surface area contributed by atoms with Gasteiger partial charge in [0, 0.05) is 12.6 Å². The Hall–Kier alpha value is -1.69. The molecule has 0 aromatic carbocycles. The van der Waals surface area contributed by atoms with Gasteiger partial charge in [0.25, 0.3) is 0 Å². The minimum atomic E-state index is 0.557. The number of hydrogen-bond donors (Lipinski definition) is 1. The van der Waals surface area contributed by atoms with E-state index in [1.165, 1.54) is 5.56 Å². The second-order valence-electron chi connectivity index (χ2n) is 6.28. The third-order valence-corrected chi connectivity index (χ3v) is 4.04. The second-order valence-corrected chi connectivity index (χ2v) is 6.28. The van der Waals surface area contributed by atoms with Gasteiger partial charge in [-0.05, 0) is 43.3 Å². The van der Waals surface area contributed by atoms with E-state index >= 15 is 0 Å². The highest BCUT2D eigenvalue weighted by molar-refractivity contribution is 5.11. The summed E-state index contributed by atoms with van der Waals surface area (Å²) in [5, 5.41) is 11.0. The smallest absolute Gasteiger partial charge is 0.240 e. The Balaban J connectivity index is 1.50. The normalized spacial score (nSPS) is 17.7. The summed E-state index contributed by atoms with van der Waals surface area (Å²) in [5.41, 5.74) is 1.33. The lowest BCUT2D eigenvalue weighted by molar-refractivity contribution is 0.181. The molecule has 6 heteroatoms. The van der Waals surface area contributed by atoms with Crippen LogP contribution in [0.1, 0.15) is 49.9 Å². The molecule has 0 saturated carbocycles. The average molecular weight is 289 g/mol. The van der Waals surface area contributed by atoms with E-state index in [9.17, 15) is 0 Å². The first kappa shape index (κ1) is 14.3. The summed E-state index contributed by atoms with van der Waals surface area (Å²) in [6, 6.07) is 0. The Morgan fingerprint density at radius 2 is 2.19 bits per heavy atom. The van der Waals surface area contributed by atoms with Gasteiger partial charge in [0.2, 0.25) is 5.89 Å². The molecule has 3 heterocycles. The first-order chi connectivity index (χ1) is 10.2. The van der Waals surface area contributed by atoms with Crippen LogP contribution in [-0.2, 0) is 13.0 Å². The van der Waals surface area contributed by atoms with Crippen molar-refractivity contribution in [3.8, 4) is 0 Å². The van der Waals surface area contributed by atoms with Gasteiger partial charge in [-0.25, -0.2) is 0 Å². The largest absolute Gasteiger partial charge is 0.338 e. The van der Waals surface area contributed by atoms with E-state index in [-0.39, 0.29) is 0 Å². The summed E-state index contributed by atoms with van der Waals surface area (Å²) in [5.74, 6) is 2.75. The van der Waals surface area contributed by atoms with Crippen LogP contribution >= 0.6 is 0 Å². The van der Waals surface area contributed by atoms with Crippen molar-refractivity contribution in [3.63, 3.8) is 0 Å². The van der Waals surface area contributed by atoms with E-state index in [2.05, 4.69) is 39.1 Å². The van der Waals surface area contributed by atoms with Crippen molar-refractivity contribution >= 4 is 0 Å². The second kappa shape index (κ2) is 6.39. The van der Waals surface area contributed by atoms with Crippen LogP contribution in [0.4, 0.5) is 0 Å². The highest BCUT2D eigenvalue weighted by atomic mass is 16.5. The van der Waals surface area contributed by atoms with Gasteiger partial charge in [-0.15, -0.1) is 0 Å². The number of H-pyrrole nitrogens is 1. The van der Waals surface area contributed by atoms with Gasteiger partial charge in [0.1, 0.15) is 0 Å². The van der Waals surface area contributed by atoms with Gasteiger partial charge in [0.05, 0.1) is 12.7 Å². The molecule has 0 aliphatic carbocycles. The Bertz CT molecular complexity index is 540. The fourth-order valence-corrected chi connectivity index (χ4v) is 2.90. The first-order valence-electron chi connectivity index (χ1n) is 7.73. The lowest BCUT2D eigenvalue weighted by atomic mass is 9.92. The minimum Gasteiger partial charge on any atom is -0.338 e. The summed E-state index contributed by atoms with van der Waals surface area (Å²) in [7, 11) is 0. The SMILES string of the molecule is CC(C)Cc1noc(CN2CCC(c3cn[nH]c3)CC2)n1. The highest BCUT2D eigenvalue weighted by Crippen LogP contribution is 2.27. The summed E-state index contributed by atoms with van der Waals surface area (Å²) in [4.78, 5) is 6.87. The molecular weight excluding hydrogens is 266 g/mol.